The third kappa shape index (κ3) is 4.32. The zero-order chi connectivity index (χ0) is 11.8. The van der Waals surface area contributed by atoms with E-state index in [-0.39, 0.29) is 0 Å². The molecule has 1 rings (SSSR count). The van der Waals surface area contributed by atoms with Crippen LogP contribution in [0.15, 0.2) is 48.6 Å². The summed E-state index contributed by atoms with van der Waals surface area (Å²) in [6.45, 7) is 7.06. The van der Waals surface area contributed by atoms with E-state index in [0.29, 0.717) is 13.2 Å². The zero-order valence-corrected chi connectivity index (χ0v) is 9.78. The number of rotatable bonds is 6. The van der Waals surface area contributed by atoms with E-state index >= 15 is 0 Å². The van der Waals surface area contributed by atoms with Gasteiger partial charge in [0.05, 0.1) is 0 Å². The van der Waals surface area contributed by atoms with Crippen molar-refractivity contribution in [2.24, 2.45) is 5.73 Å². The molecule has 0 aromatic heterocycles. The number of ether oxygens (including phenoxy) is 1. The molecule has 86 valence electrons. The molecule has 0 aliphatic heterocycles. The molecule has 2 heteroatoms. The third-order valence-corrected chi connectivity index (χ3v) is 2.15. The van der Waals surface area contributed by atoms with Gasteiger partial charge in [0.1, 0.15) is 12.4 Å². The molecule has 0 aliphatic rings. The van der Waals surface area contributed by atoms with E-state index in [9.17, 15) is 0 Å². The molecular weight excluding hydrogens is 198 g/mol. The molecule has 0 saturated carbocycles. The second-order valence-corrected chi connectivity index (χ2v) is 3.61. The van der Waals surface area contributed by atoms with Crippen LogP contribution in [0, 0.1) is 0 Å². The number of hydrogen-bond acceptors (Lipinski definition) is 2. The minimum atomic E-state index is 0.518. The lowest BCUT2D eigenvalue weighted by molar-refractivity contribution is 0.355. The summed E-state index contributed by atoms with van der Waals surface area (Å²) in [7, 11) is 0. The van der Waals surface area contributed by atoms with Gasteiger partial charge < -0.3 is 10.5 Å². The Morgan fingerprint density at radius 2 is 2.31 bits per heavy atom. The second-order valence-electron chi connectivity index (χ2n) is 3.61. The maximum absolute atomic E-state index is 5.60. The fourth-order valence-electron chi connectivity index (χ4n) is 1.27. The molecule has 0 unspecified atom stereocenters. The molecule has 0 fully saturated rings. The van der Waals surface area contributed by atoms with E-state index in [1.165, 1.54) is 0 Å². The van der Waals surface area contributed by atoms with Crippen molar-refractivity contribution >= 4 is 0 Å². The smallest absolute Gasteiger partial charge is 0.120 e. The number of benzene rings is 1. The van der Waals surface area contributed by atoms with Crippen LogP contribution in [0.25, 0.3) is 0 Å². The topological polar surface area (TPSA) is 35.2 Å². The Kier molecular flexibility index (Phi) is 5.37. The van der Waals surface area contributed by atoms with Crippen LogP contribution >= 0.6 is 0 Å². The molecule has 0 saturated heterocycles. The van der Waals surface area contributed by atoms with E-state index in [2.05, 4.69) is 19.6 Å². The Morgan fingerprint density at radius 3 is 3.00 bits per heavy atom. The van der Waals surface area contributed by atoms with Gasteiger partial charge in [0, 0.05) is 6.54 Å². The molecule has 0 heterocycles. The molecule has 16 heavy (non-hydrogen) atoms. The largest absolute Gasteiger partial charge is 0.489 e. The average molecular weight is 217 g/mol. The van der Waals surface area contributed by atoms with Gasteiger partial charge in [0.15, 0.2) is 0 Å². The van der Waals surface area contributed by atoms with Crippen LogP contribution in [0.4, 0.5) is 0 Å². The Balaban J connectivity index is 2.47. The Hall–Kier alpha value is -1.54. The highest BCUT2D eigenvalue weighted by Crippen LogP contribution is 2.13. The molecular formula is C14H19NO. The van der Waals surface area contributed by atoms with Crippen LogP contribution in [-0.4, -0.2) is 6.61 Å². The van der Waals surface area contributed by atoms with E-state index in [1.807, 2.05) is 30.3 Å². The second kappa shape index (κ2) is 6.85. The van der Waals surface area contributed by atoms with E-state index in [4.69, 9.17) is 10.5 Å². The molecule has 0 atom stereocenters. The predicted octanol–water partition coefficient (Wildman–Crippen LogP) is 3.05. The minimum absolute atomic E-state index is 0.518. The predicted molar refractivity (Wildman–Crippen MR) is 68.4 cm³/mol. The highest BCUT2D eigenvalue weighted by molar-refractivity contribution is 5.29. The summed E-state index contributed by atoms with van der Waals surface area (Å²) in [6.07, 6.45) is 5.08. The van der Waals surface area contributed by atoms with Gasteiger partial charge >= 0.3 is 0 Å². The van der Waals surface area contributed by atoms with Gasteiger partial charge in [-0.3, -0.25) is 0 Å². The normalized spacial score (nSPS) is 10.6. The lowest BCUT2D eigenvalue weighted by Gasteiger charge is -2.07. The first-order valence-corrected chi connectivity index (χ1v) is 5.52. The highest BCUT2D eigenvalue weighted by atomic mass is 16.5. The first kappa shape index (κ1) is 12.5. The van der Waals surface area contributed by atoms with Gasteiger partial charge in [-0.25, -0.2) is 0 Å². The number of allylic oxidation sites excluding steroid dienone is 1. The summed E-state index contributed by atoms with van der Waals surface area (Å²) in [6, 6.07) is 7.81. The van der Waals surface area contributed by atoms with Crippen LogP contribution in [0.1, 0.15) is 18.9 Å². The molecule has 0 bridgehead atoms. The summed E-state index contributed by atoms with van der Waals surface area (Å²) in [5.41, 5.74) is 7.60. The van der Waals surface area contributed by atoms with Crippen LogP contribution in [0.2, 0.25) is 0 Å². The lowest BCUT2D eigenvalue weighted by atomic mass is 10.2. The van der Waals surface area contributed by atoms with Crippen molar-refractivity contribution in [1.82, 2.24) is 0 Å². The van der Waals surface area contributed by atoms with Crippen molar-refractivity contribution in [3.8, 4) is 5.75 Å². The summed E-state index contributed by atoms with van der Waals surface area (Å²) >= 11 is 0. The number of nitrogens with two attached hydrogens (primary N) is 1. The maximum Gasteiger partial charge on any atom is 0.120 e. The van der Waals surface area contributed by atoms with E-state index < -0.39 is 0 Å². The van der Waals surface area contributed by atoms with Gasteiger partial charge in [0.2, 0.25) is 0 Å². The summed E-state index contributed by atoms with van der Waals surface area (Å²) < 4.78 is 5.60. The fraction of sp³-hybridized carbons (Fsp3) is 0.286. The molecule has 2 N–H and O–H groups in total. The third-order valence-electron chi connectivity index (χ3n) is 2.15. The van der Waals surface area contributed by atoms with Gasteiger partial charge in [0.25, 0.3) is 0 Å². The van der Waals surface area contributed by atoms with Crippen molar-refractivity contribution in [3.05, 3.63) is 54.1 Å². The molecule has 2 nitrogen and oxygen atoms in total. The molecule has 0 amide bonds. The first-order chi connectivity index (χ1) is 7.76. The van der Waals surface area contributed by atoms with Crippen molar-refractivity contribution in [1.29, 1.82) is 0 Å². The van der Waals surface area contributed by atoms with Crippen molar-refractivity contribution in [3.63, 3.8) is 0 Å². The Morgan fingerprint density at radius 1 is 1.50 bits per heavy atom. The van der Waals surface area contributed by atoms with Gasteiger partial charge in [-0.1, -0.05) is 37.8 Å². The molecule has 1 aromatic rings. The fourth-order valence-corrected chi connectivity index (χ4v) is 1.27. The van der Waals surface area contributed by atoms with Crippen LogP contribution < -0.4 is 10.5 Å². The molecule has 0 spiro atoms. The zero-order valence-electron chi connectivity index (χ0n) is 9.78. The Labute approximate surface area is 97.4 Å². The maximum atomic E-state index is 5.60. The van der Waals surface area contributed by atoms with Gasteiger partial charge in [-0.15, -0.1) is 0 Å². The van der Waals surface area contributed by atoms with Crippen LogP contribution in [-0.2, 0) is 6.54 Å². The van der Waals surface area contributed by atoms with Crippen LogP contribution in [0.5, 0.6) is 5.75 Å². The summed E-state index contributed by atoms with van der Waals surface area (Å²) in [4.78, 5) is 0. The Bertz CT molecular complexity index is 369. The van der Waals surface area contributed by atoms with E-state index in [1.54, 1.807) is 0 Å². The van der Waals surface area contributed by atoms with E-state index in [0.717, 1.165) is 23.3 Å². The summed E-state index contributed by atoms with van der Waals surface area (Å²) in [5, 5.41) is 0. The quantitative estimate of drug-likeness (QED) is 0.743. The molecule has 0 aliphatic carbocycles. The van der Waals surface area contributed by atoms with Crippen LogP contribution in [0.3, 0.4) is 0 Å². The average Bonchev–Trinajstić information content (AvgIpc) is 2.34. The summed E-state index contributed by atoms with van der Waals surface area (Å²) in [5.74, 6) is 0.842. The monoisotopic (exact) mass is 217 g/mol. The highest BCUT2D eigenvalue weighted by Gasteiger charge is 1.96. The number of hydrogen-bond donors (Lipinski definition) is 1. The van der Waals surface area contributed by atoms with Crippen molar-refractivity contribution in [2.45, 2.75) is 19.9 Å². The molecule has 1 aromatic carbocycles. The molecule has 0 radical (unpaired) electrons. The van der Waals surface area contributed by atoms with Gasteiger partial charge in [-0.2, -0.15) is 0 Å². The first-order valence-electron chi connectivity index (χ1n) is 5.52. The minimum Gasteiger partial charge on any atom is -0.489 e. The standard InChI is InChI=1S/C14H19NO/c1-3-4-6-12(2)11-16-14-8-5-7-13(9-14)10-15/h4-9H,2-3,10-11,15H2,1H3/b6-4-. The van der Waals surface area contributed by atoms with Crippen molar-refractivity contribution < 1.29 is 4.74 Å². The van der Waals surface area contributed by atoms with Crippen molar-refractivity contribution in [2.75, 3.05) is 6.61 Å². The SMILES string of the molecule is C=C(/C=C\CC)COc1cccc(CN)c1. The van der Waals surface area contributed by atoms with Gasteiger partial charge in [-0.05, 0) is 29.7 Å². The lowest BCUT2D eigenvalue weighted by Crippen LogP contribution is -2.00.